The number of hydrogen-bond acceptors (Lipinski definition) is 4. The fourth-order valence-corrected chi connectivity index (χ4v) is 1.91. The van der Waals surface area contributed by atoms with Gasteiger partial charge in [-0.15, -0.1) is 0 Å². The van der Waals surface area contributed by atoms with E-state index >= 15 is 0 Å². The predicted molar refractivity (Wildman–Crippen MR) is 80.8 cm³/mol. The van der Waals surface area contributed by atoms with Gasteiger partial charge >= 0.3 is 0 Å². The standard InChI is InChI=1S/C15H25N3O3/c1-6-7-18(14(20)9-15(3,4)5)10-13(19)16-12-8-11(2)21-17-12/h8H,6-7,9-10H2,1-5H3,(H,16,17,19). The summed E-state index contributed by atoms with van der Waals surface area (Å²) in [7, 11) is 0. The molecule has 0 atom stereocenters. The molecule has 1 aromatic heterocycles. The first-order chi connectivity index (χ1) is 9.71. The number of rotatable bonds is 6. The number of aryl methyl sites for hydroxylation is 1. The molecule has 0 aromatic carbocycles. The van der Waals surface area contributed by atoms with E-state index in [-0.39, 0.29) is 23.8 Å². The molecule has 1 heterocycles. The van der Waals surface area contributed by atoms with E-state index in [0.717, 1.165) is 6.42 Å². The summed E-state index contributed by atoms with van der Waals surface area (Å²) in [6.07, 6.45) is 1.23. The Hall–Kier alpha value is -1.85. The zero-order chi connectivity index (χ0) is 16.0. The van der Waals surface area contributed by atoms with Gasteiger partial charge in [0.25, 0.3) is 0 Å². The molecule has 0 spiro atoms. The lowest BCUT2D eigenvalue weighted by Gasteiger charge is -2.25. The predicted octanol–water partition coefficient (Wildman–Crippen LogP) is 2.60. The van der Waals surface area contributed by atoms with E-state index in [2.05, 4.69) is 10.5 Å². The maximum absolute atomic E-state index is 12.3. The van der Waals surface area contributed by atoms with E-state index in [1.165, 1.54) is 0 Å². The molecule has 0 fully saturated rings. The molecule has 1 N–H and O–H groups in total. The Balaban J connectivity index is 2.60. The number of nitrogens with one attached hydrogen (secondary N) is 1. The average Bonchev–Trinajstić information content (AvgIpc) is 2.71. The highest BCUT2D eigenvalue weighted by Crippen LogP contribution is 2.20. The highest BCUT2D eigenvalue weighted by Gasteiger charge is 2.22. The molecule has 1 rings (SSSR count). The summed E-state index contributed by atoms with van der Waals surface area (Å²) < 4.78 is 4.89. The highest BCUT2D eigenvalue weighted by molar-refractivity contribution is 5.93. The van der Waals surface area contributed by atoms with E-state index < -0.39 is 0 Å². The van der Waals surface area contributed by atoms with Crippen molar-refractivity contribution in [2.24, 2.45) is 5.41 Å². The van der Waals surface area contributed by atoms with Crippen LogP contribution in [-0.4, -0.2) is 35.0 Å². The largest absolute Gasteiger partial charge is 0.360 e. The van der Waals surface area contributed by atoms with Gasteiger partial charge in [-0.1, -0.05) is 32.9 Å². The molecule has 21 heavy (non-hydrogen) atoms. The van der Waals surface area contributed by atoms with Gasteiger partial charge in [0.1, 0.15) is 5.76 Å². The van der Waals surface area contributed by atoms with Crippen LogP contribution in [0.15, 0.2) is 10.6 Å². The summed E-state index contributed by atoms with van der Waals surface area (Å²) in [5.41, 5.74) is -0.0945. The SMILES string of the molecule is CCCN(CC(=O)Nc1cc(C)on1)C(=O)CC(C)(C)C. The number of aromatic nitrogens is 1. The Labute approximate surface area is 125 Å². The topological polar surface area (TPSA) is 75.4 Å². The molecule has 0 saturated heterocycles. The fourth-order valence-electron chi connectivity index (χ4n) is 1.91. The Morgan fingerprint density at radius 1 is 1.38 bits per heavy atom. The number of nitrogens with zero attached hydrogens (tertiary/aromatic N) is 2. The minimum Gasteiger partial charge on any atom is -0.360 e. The normalized spacial score (nSPS) is 11.3. The average molecular weight is 295 g/mol. The quantitative estimate of drug-likeness (QED) is 0.875. The van der Waals surface area contributed by atoms with Crippen molar-refractivity contribution < 1.29 is 14.1 Å². The second-order valence-electron chi connectivity index (χ2n) is 6.42. The van der Waals surface area contributed by atoms with Gasteiger partial charge in [-0.2, -0.15) is 0 Å². The zero-order valence-corrected chi connectivity index (χ0v) is 13.5. The lowest BCUT2D eigenvalue weighted by molar-refractivity contribution is -0.136. The molecule has 1 aromatic rings. The Kier molecular flexibility index (Phi) is 5.93. The molecular formula is C15H25N3O3. The van der Waals surface area contributed by atoms with Crippen LogP contribution in [0.5, 0.6) is 0 Å². The number of carbonyl (C=O) groups excluding carboxylic acids is 2. The minimum absolute atomic E-state index is 0.00386. The van der Waals surface area contributed by atoms with Crippen LogP contribution in [-0.2, 0) is 9.59 Å². The van der Waals surface area contributed by atoms with E-state index in [0.29, 0.717) is 24.5 Å². The first kappa shape index (κ1) is 17.2. The van der Waals surface area contributed by atoms with Gasteiger partial charge < -0.3 is 14.7 Å². The lowest BCUT2D eigenvalue weighted by atomic mass is 9.91. The summed E-state index contributed by atoms with van der Waals surface area (Å²) >= 11 is 0. The van der Waals surface area contributed by atoms with Gasteiger partial charge in [-0.05, 0) is 18.8 Å². The maximum Gasteiger partial charge on any atom is 0.245 e. The van der Waals surface area contributed by atoms with Crippen molar-refractivity contribution in [1.82, 2.24) is 10.1 Å². The molecule has 0 unspecified atom stereocenters. The molecule has 6 nitrogen and oxygen atoms in total. The van der Waals surface area contributed by atoms with Gasteiger partial charge in [0.15, 0.2) is 5.82 Å². The van der Waals surface area contributed by atoms with Crippen molar-refractivity contribution in [3.8, 4) is 0 Å². The number of anilines is 1. The zero-order valence-electron chi connectivity index (χ0n) is 13.5. The molecule has 0 aliphatic heterocycles. The van der Waals surface area contributed by atoms with Crippen molar-refractivity contribution in [3.63, 3.8) is 0 Å². The van der Waals surface area contributed by atoms with Crippen LogP contribution in [0.25, 0.3) is 0 Å². The molecule has 0 aliphatic carbocycles. The van der Waals surface area contributed by atoms with Gasteiger partial charge in [0.05, 0.1) is 6.54 Å². The third kappa shape index (κ3) is 6.42. The first-order valence-electron chi connectivity index (χ1n) is 7.22. The molecule has 2 amide bonds. The third-order valence-corrected chi connectivity index (χ3v) is 2.76. The monoisotopic (exact) mass is 295 g/mol. The van der Waals surface area contributed by atoms with Gasteiger partial charge in [0, 0.05) is 19.0 Å². The molecule has 0 bridgehead atoms. The summed E-state index contributed by atoms with van der Waals surface area (Å²) in [4.78, 5) is 25.8. The second kappa shape index (κ2) is 7.24. The van der Waals surface area contributed by atoms with Crippen molar-refractivity contribution in [3.05, 3.63) is 11.8 Å². The lowest BCUT2D eigenvalue weighted by Crippen LogP contribution is -2.40. The molecular weight excluding hydrogens is 270 g/mol. The van der Waals surface area contributed by atoms with Crippen molar-refractivity contribution in [2.75, 3.05) is 18.4 Å². The molecule has 0 saturated carbocycles. The molecule has 0 aliphatic rings. The second-order valence-corrected chi connectivity index (χ2v) is 6.42. The third-order valence-electron chi connectivity index (χ3n) is 2.76. The van der Waals surface area contributed by atoms with Crippen LogP contribution < -0.4 is 5.32 Å². The summed E-state index contributed by atoms with van der Waals surface area (Å²) in [6.45, 7) is 10.4. The van der Waals surface area contributed by atoms with Crippen molar-refractivity contribution in [2.45, 2.75) is 47.5 Å². The van der Waals surface area contributed by atoms with Crippen molar-refractivity contribution >= 4 is 17.6 Å². The summed E-state index contributed by atoms with van der Waals surface area (Å²) in [5.74, 6) is 0.728. The van der Waals surface area contributed by atoms with Gasteiger partial charge in [-0.3, -0.25) is 9.59 Å². The van der Waals surface area contributed by atoms with Gasteiger partial charge in [-0.25, -0.2) is 0 Å². The maximum atomic E-state index is 12.3. The van der Waals surface area contributed by atoms with Crippen LogP contribution in [0.2, 0.25) is 0 Å². The Bertz CT molecular complexity index is 489. The van der Waals surface area contributed by atoms with E-state index in [9.17, 15) is 9.59 Å². The van der Waals surface area contributed by atoms with Crippen molar-refractivity contribution in [1.29, 1.82) is 0 Å². The number of amides is 2. The van der Waals surface area contributed by atoms with Crippen LogP contribution >= 0.6 is 0 Å². The minimum atomic E-state index is -0.265. The summed E-state index contributed by atoms with van der Waals surface area (Å²) in [5, 5.41) is 6.33. The van der Waals surface area contributed by atoms with Crippen LogP contribution in [0.3, 0.4) is 0 Å². The molecule has 0 radical (unpaired) electrons. The van der Waals surface area contributed by atoms with E-state index in [4.69, 9.17) is 4.52 Å². The first-order valence-corrected chi connectivity index (χ1v) is 7.22. The molecule has 6 heteroatoms. The number of hydrogen-bond donors (Lipinski definition) is 1. The van der Waals surface area contributed by atoms with E-state index in [1.807, 2.05) is 27.7 Å². The smallest absolute Gasteiger partial charge is 0.245 e. The highest BCUT2D eigenvalue weighted by atomic mass is 16.5. The Morgan fingerprint density at radius 3 is 2.52 bits per heavy atom. The van der Waals surface area contributed by atoms with Crippen LogP contribution in [0.4, 0.5) is 5.82 Å². The number of carbonyl (C=O) groups is 2. The fraction of sp³-hybridized carbons (Fsp3) is 0.667. The Morgan fingerprint density at radius 2 is 2.05 bits per heavy atom. The van der Waals surface area contributed by atoms with E-state index in [1.54, 1.807) is 17.9 Å². The molecule has 118 valence electrons. The van der Waals surface area contributed by atoms with Crippen LogP contribution in [0.1, 0.15) is 46.3 Å². The van der Waals surface area contributed by atoms with Crippen LogP contribution in [0, 0.1) is 12.3 Å². The summed E-state index contributed by atoms with van der Waals surface area (Å²) in [6, 6.07) is 1.64. The van der Waals surface area contributed by atoms with Gasteiger partial charge in [0.2, 0.25) is 11.8 Å².